The number of H-pyrrole nitrogens is 1. The van der Waals surface area contributed by atoms with Gasteiger partial charge >= 0.3 is 0 Å². The molecular weight excluding hydrogens is 270 g/mol. The summed E-state index contributed by atoms with van der Waals surface area (Å²) in [6.07, 6.45) is 2.97. The highest BCUT2D eigenvalue weighted by Crippen LogP contribution is 2.20. The first kappa shape index (κ1) is 12.9. The number of carbonyl (C=O) groups is 1. The predicted molar refractivity (Wildman–Crippen MR) is 77.0 cm³/mol. The van der Waals surface area contributed by atoms with Gasteiger partial charge in [0.15, 0.2) is 12.2 Å². The Balaban J connectivity index is 1.76. The molecule has 0 bridgehead atoms. The van der Waals surface area contributed by atoms with Crippen molar-refractivity contribution in [1.82, 2.24) is 9.97 Å². The van der Waals surface area contributed by atoms with E-state index in [0.717, 1.165) is 5.56 Å². The van der Waals surface area contributed by atoms with Crippen LogP contribution < -0.4 is 10.9 Å². The van der Waals surface area contributed by atoms with Gasteiger partial charge < -0.3 is 14.7 Å². The molecule has 3 aromatic rings. The number of anilines is 1. The minimum Gasteiger partial charge on any atom is -0.444 e. The smallest absolute Gasteiger partial charge is 0.272 e. The number of carbonyl (C=O) groups excluding carboxylic acids is 1. The van der Waals surface area contributed by atoms with Gasteiger partial charge in [-0.05, 0) is 30.3 Å². The lowest BCUT2D eigenvalue weighted by molar-refractivity contribution is 0.102. The number of aromatic amines is 1. The molecule has 0 radical (unpaired) electrons. The van der Waals surface area contributed by atoms with Crippen LogP contribution in [0.4, 0.5) is 5.69 Å². The molecule has 0 unspecified atom stereocenters. The zero-order chi connectivity index (χ0) is 14.7. The van der Waals surface area contributed by atoms with Crippen molar-refractivity contribution in [3.8, 4) is 11.3 Å². The monoisotopic (exact) mass is 281 g/mol. The van der Waals surface area contributed by atoms with E-state index in [1.54, 1.807) is 24.4 Å². The van der Waals surface area contributed by atoms with Crippen LogP contribution in [0, 0.1) is 0 Å². The van der Waals surface area contributed by atoms with E-state index in [-0.39, 0.29) is 17.2 Å². The number of amides is 1. The van der Waals surface area contributed by atoms with E-state index < -0.39 is 0 Å². The third-order valence-electron chi connectivity index (χ3n) is 2.87. The predicted octanol–water partition coefficient (Wildman–Crippen LogP) is 2.28. The van der Waals surface area contributed by atoms with Gasteiger partial charge in [-0.15, -0.1) is 0 Å². The summed E-state index contributed by atoms with van der Waals surface area (Å²) in [5, 5.41) is 2.70. The summed E-state index contributed by atoms with van der Waals surface area (Å²) in [6, 6.07) is 11.5. The maximum Gasteiger partial charge on any atom is 0.272 e. The fraction of sp³-hybridized carbons (Fsp3) is 0. The number of benzene rings is 1. The quantitative estimate of drug-likeness (QED) is 0.771. The number of nitrogens with zero attached hydrogens (tertiary/aromatic N) is 1. The van der Waals surface area contributed by atoms with Crippen LogP contribution in [0.15, 0.2) is 64.3 Å². The Bertz CT molecular complexity index is 805. The summed E-state index contributed by atoms with van der Waals surface area (Å²) in [5.74, 6) is 0.278. The number of rotatable bonds is 3. The highest BCUT2D eigenvalue weighted by molar-refractivity contribution is 6.02. The molecule has 0 saturated heterocycles. The van der Waals surface area contributed by atoms with Crippen molar-refractivity contribution in [3.05, 3.63) is 71.1 Å². The molecule has 2 heterocycles. The molecule has 2 N–H and O–H groups in total. The maximum absolute atomic E-state index is 12.0. The molecule has 6 heteroatoms. The van der Waals surface area contributed by atoms with Gasteiger partial charge in [0, 0.05) is 17.3 Å². The second kappa shape index (κ2) is 5.46. The molecule has 3 rings (SSSR count). The number of oxazole rings is 1. The number of hydrogen-bond donors (Lipinski definition) is 2. The third-order valence-corrected chi connectivity index (χ3v) is 2.87. The van der Waals surface area contributed by atoms with Crippen molar-refractivity contribution in [2.24, 2.45) is 0 Å². The Morgan fingerprint density at radius 2 is 1.95 bits per heavy atom. The van der Waals surface area contributed by atoms with Crippen LogP contribution in [0.25, 0.3) is 11.3 Å². The first-order valence-corrected chi connectivity index (χ1v) is 6.22. The molecule has 0 aliphatic carbocycles. The van der Waals surface area contributed by atoms with Crippen molar-refractivity contribution < 1.29 is 9.21 Å². The summed E-state index contributed by atoms with van der Waals surface area (Å²) in [5.41, 5.74) is 1.37. The van der Waals surface area contributed by atoms with Gasteiger partial charge in [-0.2, -0.15) is 0 Å². The summed E-state index contributed by atoms with van der Waals surface area (Å²) >= 11 is 0. The number of pyridine rings is 1. The van der Waals surface area contributed by atoms with E-state index in [1.165, 1.54) is 18.5 Å². The van der Waals surface area contributed by atoms with Crippen LogP contribution in [0.1, 0.15) is 10.5 Å². The van der Waals surface area contributed by atoms with Crippen molar-refractivity contribution in [1.29, 1.82) is 0 Å². The summed E-state index contributed by atoms with van der Waals surface area (Å²) < 4.78 is 5.18. The fourth-order valence-electron chi connectivity index (χ4n) is 1.85. The van der Waals surface area contributed by atoms with Crippen molar-refractivity contribution in [2.75, 3.05) is 5.32 Å². The van der Waals surface area contributed by atoms with Gasteiger partial charge in [0.2, 0.25) is 5.56 Å². The molecule has 0 saturated carbocycles. The Labute approximate surface area is 119 Å². The summed E-state index contributed by atoms with van der Waals surface area (Å²) in [4.78, 5) is 29.5. The van der Waals surface area contributed by atoms with E-state index >= 15 is 0 Å². The minimum absolute atomic E-state index is 0.210. The Hall–Kier alpha value is -3.15. The lowest BCUT2D eigenvalue weighted by Crippen LogP contribution is -2.17. The zero-order valence-electron chi connectivity index (χ0n) is 10.9. The standard InChI is InChI=1S/C15H11N3O3/c19-14-3-1-2-12(18-14)15(20)17-11-6-4-10(5-7-11)13-8-16-9-21-13/h1-9H,(H,17,20)(H,18,19). The molecule has 1 amide bonds. The fourth-order valence-corrected chi connectivity index (χ4v) is 1.85. The normalized spacial score (nSPS) is 10.3. The van der Waals surface area contributed by atoms with Gasteiger partial charge in [-0.1, -0.05) is 6.07 Å². The van der Waals surface area contributed by atoms with Crippen LogP contribution in [0.5, 0.6) is 0 Å². The largest absolute Gasteiger partial charge is 0.444 e. The van der Waals surface area contributed by atoms with Gasteiger partial charge in [0.05, 0.1) is 6.20 Å². The lowest BCUT2D eigenvalue weighted by Gasteiger charge is -2.05. The van der Waals surface area contributed by atoms with Gasteiger partial charge in [-0.25, -0.2) is 4.98 Å². The molecule has 6 nitrogen and oxygen atoms in total. The molecule has 1 aromatic carbocycles. The van der Waals surface area contributed by atoms with Gasteiger partial charge in [0.25, 0.3) is 5.91 Å². The van der Waals surface area contributed by atoms with Crippen LogP contribution in [0.2, 0.25) is 0 Å². The van der Waals surface area contributed by atoms with Crippen molar-refractivity contribution in [3.63, 3.8) is 0 Å². The van der Waals surface area contributed by atoms with Crippen molar-refractivity contribution in [2.45, 2.75) is 0 Å². The topological polar surface area (TPSA) is 88.0 Å². The molecule has 0 spiro atoms. The Morgan fingerprint density at radius 1 is 1.14 bits per heavy atom. The highest BCUT2D eigenvalue weighted by Gasteiger charge is 2.07. The minimum atomic E-state index is -0.375. The van der Waals surface area contributed by atoms with Gasteiger partial charge in [-0.3, -0.25) is 9.59 Å². The number of nitrogens with one attached hydrogen (secondary N) is 2. The molecular formula is C15H11N3O3. The van der Waals surface area contributed by atoms with Gasteiger partial charge in [0.1, 0.15) is 5.69 Å². The summed E-state index contributed by atoms with van der Waals surface area (Å²) in [6.45, 7) is 0. The third kappa shape index (κ3) is 2.89. The first-order chi connectivity index (χ1) is 10.2. The van der Waals surface area contributed by atoms with E-state index in [4.69, 9.17) is 4.42 Å². The van der Waals surface area contributed by atoms with Crippen LogP contribution in [-0.2, 0) is 0 Å². The average Bonchev–Trinajstić information content (AvgIpc) is 3.02. The van der Waals surface area contributed by atoms with Crippen LogP contribution in [-0.4, -0.2) is 15.9 Å². The van der Waals surface area contributed by atoms with Crippen molar-refractivity contribution >= 4 is 11.6 Å². The Morgan fingerprint density at radius 3 is 2.62 bits per heavy atom. The second-order valence-corrected chi connectivity index (χ2v) is 4.33. The average molecular weight is 281 g/mol. The first-order valence-electron chi connectivity index (χ1n) is 6.22. The number of aromatic nitrogens is 2. The van der Waals surface area contributed by atoms with E-state index in [0.29, 0.717) is 11.4 Å². The maximum atomic E-state index is 12.0. The van der Waals surface area contributed by atoms with Crippen LogP contribution in [0.3, 0.4) is 0 Å². The highest BCUT2D eigenvalue weighted by atomic mass is 16.3. The molecule has 104 valence electrons. The van der Waals surface area contributed by atoms with Crippen LogP contribution >= 0.6 is 0 Å². The Kier molecular flexibility index (Phi) is 3.34. The van der Waals surface area contributed by atoms with E-state index in [9.17, 15) is 9.59 Å². The summed E-state index contributed by atoms with van der Waals surface area (Å²) in [7, 11) is 0. The zero-order valence-corrected chi connectivity index (χ0v) is 10.9. The number of hydrogen-bond acceptors (Lipinski definition) is 4. The molecule has 0 aliphatic rings. The molecule has 21 heavy (non-hydrogen) atoms. The molecule has 0 aliphatic heterocycles. The molecule has 0 atom stereocenters. The molecule has 2 aromatic heterocycles. The van der Waals surface area contributed by atoms with E-state index in [1.807, 2.05) is 12.1 Å². The SMILES string of the molecule is O=C(Nc1ccc(-c2cnco2)cc1)c1cccc(=O)[nH]1. The molecule has 0 fully saturated rings. The second-order valence-electron chi connectivity index (χ2n) is 4.33. The van der Waals surface area contributed by atoms with E-state index in [2.05, 4.69) is 15.3 Å². The lowest BCUT2D eigenvalue weighted by atomic mass is 10.1.